The predicted octanol–water partition coefficient (Wildman–Crippen LogP) is 3.88. The molecule has 0 atom stereocenters. The lowest BCUT2D eigenvalue weighted by Gasteiger charge is -2.15. The van der Waals surface area contributed by atoms with E-state index in [9.17, 15) is 22.4 Å². The maximum Gasteiger partial charge on any atom is 0.377 e. The van der Waals surface area contributed by atoms with Gasteiger partial charge < -0.3 is 9.47 Å². The zero-order valence-electron chi connectivity index (χ0n) is 12.4. The summed E-state index contributed by atoms with van der Waals surface area (Å²) < 4.78 is 63.8. The summed E-state index contributed by atoms with van der Waals surface area (Å²) in [7, 11) is 0. The average molecular weight is 322 g/mol. The molecule has 0 saturated heterocycles. The van der Waals surface area contributed by atoms with Gasteiger partial charge in [-0.3, -0.25) is 0 Å². The van der Waals surface area contributed by atoms with Crippen LogP contribution in [0.3, 0.4) is 0 Å². The van der Waals surface area contributed by atoms with Crippen LogP contribution in [0.1, 0.15) is 32.3 Å². The van der Waals surface area contributed by atoms with Gasteiger partial charge in [-0.15, -0.1) is 0 Å². The molecule has 22 heavy (non-hydrogen) atoms. The fourth-order valence-corrected chi connectivity index (χ4v) is 1.74. The van der Waals surface area contributed by atoms with Gasteiger partial charge in [0, 0.05) is 6.42 Å². The number of unbranched alkanes of at least 4 members (excludes halogenated alkanes) is 1. The molecule has 0 saturated carbocycles. The molecule has 124 valence electrons. The Hall–Kier alpha value is -1.79. The second kappa shape index (κ2) is 8.00. The molecule has 0 unspecified atom stereocenters. The van der Waals surface area contributed by atoms with Crippen LogP contribution in [0.5, 0.6) is 5.75 Å². The molecule has 0 aliphatic heterocycles. The molecule has 0 aliphatic rings. The number of rotatable bonds is 8. The van der Waals surface area contributed by atoms with Crippen LogP contribution in [0.2, 0.25) is 0 Å². The molecular weight excluding hydrogens is 304 g/mol. The van der Waals surface area contributed by atoms with Crippen molar-refractivity contribution in [2.75, 3.05) is 13.2 Å². The summed E-state index contributed by atoms with van der Waals surface area (Å²) in [6, 6.07) is 1.47. The molecule has 0 spiro atoms. The first kappa shape index (κ1) is 18.3. The second-order valence-corrected chi connectivity index (χ2v) is 4.69. The van der Waals surface area contributed by atoms with Crippen LogP contribution in [-0.2, 0) is 16.0 Å². The Bertz CT molecular complexity index is 495. The van der Waals surface area contributed by atoms with E-state index in [0.717, 1.165) is 18.6 Å². The minimum atomic E-state index is -3.85. The molecule has 0 N–H and O–H groups in total. The van der Waals surface area contributed by atoms with E-state index >= 15 is 0 Å². The van der Waals surface area contributed by atoms with Gasteiger partial charge in [-0.25, -0.2) is 13.6 Å². The third-order valence-corrected chi connectivity index (χ3v) is 2.80. The highest BCUT2D eigenvalue weighted by Crippen LogP contribution is 2.28. The number of carbonyl (C=O) groups excluding carboxylic acids is 1. The van der Waals surface area contributed by atoms with Crippen LogP contribution < -0.4 is 4.74 Å². The van der Waals surface area contributed by atoms with Crippen molar-refractivity contribution in [1.29, 1.82) is 0 Å². The third-order valence-electron chi connectivity index (χ3n) is 2.80. The first-order chi connectivity index (χ1) is 10.3. The molecule has 1 aromatic rings. The summed E-state index contributed by atoms with van der Waals surface area (Å²) in [6.45, 7) is 3.19. The van der Waals surface area contributed by atoms with E-state index in [-0.39, 0.29) is 18.8 Å². The fourth-order valence-electron chi connectivity index (χ4n) is 1.74. The van der Waals surface area contributed by atoms with Crippen molar-refractivity contribution in [3.63, 3.8) is 0 Å². The Morgan fingerprint density at radius 1 is 1.18 bits per heavy atom. The van der Waals surface area contributed by atoms with E-state index in [1.165, 1.54) is 6.92 Å². The van der Waals surface area contributed by atoms with Crippen molar-refractivity contribution in [3.8, 4) is 5.75 Å². The molecule has 0 bridgehead atoms. The van der Waals surface area contributed by atoms with Gasteiger partial charge in [-0.2, -0.15) is 8.78 Å². The molecule has 7 heteroatoms. The predicted molar refractivity (Wildman–Crippen MR) is 72.0 cm³/mol. The number of carbonyl (C=O) groups is 1. The summed E-state index contributed by atoms with van der Waals surface area (Å²) in [6.07, 6.45) is 0.254. The number of halogens is 4. The van der Waals surface area contributed by atoms with Crippen LogP contribution in [0.25, 0.3) is 0 Å². The van der Waals surface area contributed by atoms with Gasteiger partial charge in [0.05, 0.1) is 13.2 Å². The minimum Gasteiger partial charge on any atom is -0.488 e. The number of alkyl halides is 2. The monoisotopic (exact) mass is 322 g/mol. The first-order valence-electron chi connectivity index (χ1n) is 6.97. The second-order valence-electron chi connectivity index (χ2n) is 4.69. The van der Waals surface area contributed by atoms with Crippen molar-refractivity contribution in [3.05, 3.63) is 29.3 Å². The molecule has 3 nitrogen and oxygen atoms in total. The van der Waals surface area contributed by atoms with Crippen LogP contribution in [0, 0.1) is 11.6 Å². The van der Waals surface area contributed by atoms with Gasteiger partial charge in [0.2, 0.25) is 0 Å². The Balaban J connectivity index is 2.87. The quantitative estimate of drug-likeness (QED) is 0.414. The van der Waals surface area contributed by atoms with Crippen LogP contribution >= 0.6 is 0 Å². The molecule has 1 rings (SSSR count). The maximum atomic E-state index is 13.7. The molecule has 0 aliphatic carbocycles. The third kappa shape index (κ3) is 4.89. The Morgan fingerprint density at radius 2 is 1.77 bits per heavy atom. The van der Waals surface area contributed by atoms with Crippen LogP contribution in [-0.4, -0.2) is 25.1 Å². The highest BCUT2D eigenvalue weighted by Gasteiger charge is 2.41. The molecular formula is C15H18F4O3. The maximum absolute atomic E-state index is 13.7. The Labute approximate surface area is 126 Å². The zero-order chi connectivity index (χ0) is 16.8. The van der Waals surface area contributed by atoms with Crippen molar-refractivity contribution in [2.45, 2.75) is 39.0 Å². The van der Waals surface area contributed by atoms with Crippen molar-refractivity contribution in [2.24, 2.45) is 0 Å². The van der Waals surface area contributed by atoms with Gasteiger partial charge in [-0.05, 0) is 31.0 Å². The Kier molecular flexibility index (Phi) is 6.64. The van der Waals surface area contributed by atoms with Gasteiger partial charge >= 0.3 is 11.9 Å². The van der Waals surface area contributed by atoms with Gasteiger partial charge in [-0.1, -0.05) is 13.3 Å². The Morgan fingerprint density at radius 3 is 2.27 bits per heavy atom. The highest BCUT2D eigenvalue weighted by molar-refractivity contribution is 5.77. The van der Waals surface area contributed by atoms with E-state index in [1.54, 1.807) is 0 Å². The molecule has 0 radical (unpaired) electrons. The van der Waals surface area contributed by atoms with Crippen molar-refractivity contribution >= 4 is 5.97 Å². The smallest absolute Gasteiger partial charge is 0.377 e. The van der Waals surface area contributed by atoms with Gasteiger partial charge in [0.25, 0.3) is 0 Å². The lowest BCUT2D eigenvalue weighted by atomic mass is 10.1. The largest absolute Gasteiger partial charge is 0.488 e. The van der Waals surface area contributed by atoms with Gasteiger partial charge in [0.15, 0.2) is 17.4 Å². The lowest BCUT2D eigenvalue weighted by molar-refractivity contribution is -0.171. The summed E-state index contributed by atoms with van der Waals surface area (Å²) in [5.41, 5.74) is -0.351. The zero-order valence-corrected chi connectivity index (χ0v) is 12.4. The molecule has 1 aromatic carbocycles. The fraction of sp³-hybridized carbons (Fsp3) is 0.533. The number of ether oxygens (including phenoxy) is 2. The van der Waals surface area contributed by atoms with E-state index in [4.69, 9.17) is 4.74 Å². The van der Waals surface area contributed by atoms with E-state index in [0.29, 0.717) is 6.42 Å². The highest BCUT2D eigenvalue weighted by atomic mass is 19.3. The van der Waals surface area contributed by atoms with Crippen molar-refractivity contribution < 1.29 is 31.8 Å². The van der Waals surface area contributed by atoms with E-state index < -0.39 is 35.7 Å². The normalized spacial score (nSPS) is 11.4. The summed E-state index contributed by atoms with van der Waals surface area (Å²) >= 11 is 0. The first-order valence-corrected chi connectivity index (χ1v) is 6.97. The van der Waals surface area contributed by atoms with Crippen molar-refractivity contribution in [1.82, 2.24) is 0 Å². The topological polar surface area (TPSA) is 35.5 Å². The minimum absolute atomic E-state index is 0.128. The van der Waals surface area contributed by atoms with E-state index in [1.807, 2.05) is 6.92 Å². The standard InChI is InChI=1S/C15H18F4O3/c1-3-5-6-22-13-11(16)7-10(8-12(13)17)9-15(18,19)14(20)21-4-2/h7-8H,3-6,9H2,1-2H3. The lowest BCUT2D eigenvalue weighted by Crippen LogP contribution is -2.33. The van der Waals surface area contributed by atoms with Crippen LogP contribution in [0.4, 0.5) is 17.6 Å². The molecule has 0 heterocycles. The molecule has 0 fully saturated rings. The molecule has 0 aromatic heterocycles. The van der Waals surface area contributed by atoms with E-state index in [2.05, 4.69) is 4.74 Å². The van der Waals surface area contributed by atoms with Gasteiger partial charge in [0.1, 0.15) is 0 Å². The number of hydrogen-bond acceptors (Lipinski definition) is 3. The number of benzene rings is 1. The SMILES string of the molecule is CCCCOc1c(F)cc(CC(F)(F)C(=O)OCC)cc1F. The summed E-state index contributed by atoms with van der Waals surface area (Å²) in [5, 5.41) is 0. The van der Waals surface area contributed by atoms with Crippen LogP contribution in [0.15, 0.2) is 12.1 Å². The summed E-state index contributed by atoms with van der Waals surface area (Å²) in [5.74, 6) is -8.33. The number of hydrogen-bond donors (Lipinski definition) is 0. The molecule has 0 amide bonds. The summed E-state index contributed by atoms with van der Waals surface area (Å²) in [4.78, 5) is 11.1. The average Bonchev–Trinajstić information content (AvgIpc) is 2.41. The number of esters is 1.